The van der Waals surface area contributed by atoms with Crippen LogP contribution in [0.4, 0.5) is 5.69 Å². The number of aryl methyl sites for hydroxylation is 1. The maximum Gasteiger partial charge on any atom is 0.176 e. The minimum absolute atomic E-state index is 0.0440. The number of benzene rings is 2. The lowest BCUT2D eigenvalue weighted by atomic mass is 9.91. The molecule has 2 aliphatic rings. The smallest absolute Gasteiger partial charge is 0.176 e. The summed E-state index contributed by atoms with van der Waals surface area (Å²) >= 11 is 0. The Balaban J connectivity index is 1.23. The Kier molecular flexibility index (Phi) is 8.20. The first kappa shape index (κ1) is 25.5. The molecule has 0 unspecified atom stereocenters. The number of piperidine rings is 1. The number of nitriles is 1. The van der Waals surface area contributed by atoms with E-state index in [9.17, 15) is 0 Å². The summed E-state index contributed by atoms with van der Waals surface area (Å²) in [5.41, 5.74) is 5.89. The molecule has 0 amide bonds. The third kappa shape index (κ3) is 6.04. The highest BCUT2D eigenvalue weighted by Crippen LogP contribution is 2.33. The number of ether oxygens (including phenoxy) is 2. The van der Waals surface area contributed by atoms with E-state index in [1.165, 1.54) is 12.8 Å². The second-order valence-electron chi connectivity index (χ2n) is 10.1. The molecule has 2 saturated heterocycles. The Labute approximate surface area is 219 Å². The van der Waals surface area contributed by atoms with Crippen LogP contribution in [0.3, 0.4) is 0 Å². The summed E-state index contributed by atoms with van der Waals surface area (Å²) in [6.45, 7) is 7.30. The predicted molar refractivity (Wildman–Crippen MR) is 145 cm³/mol. The zero-order valence-electron chi connectivity index (χ0n) is 21.9. The maximum absolute atomic E-state index is 9.06. The number of anilines is 1. The number of allylic oxidation sites excluding steroid dienone is 1. The first-order chi connectivity index (χ1) is 18.1. The fourth-order valence-electron chi connectivity index (χ4n) is 5.47. The van der Waals surface area contributed by atoms with Gasteiger partial charge in [0.15, 0.2) is 11.9 Å². The Morgan fingerprint density at radius 2 is 1.86 bits per heavy atom. The molecule has 0 aliphatic carbocycles. The number of aromatic nitrogens is 1. The Hall–Kier alpha value is -3.18. The van der Waals surface area contributed by atoms with Crippen molar-refractivity contribution in [1.82, 2.24) is 10.1 Å². The second-order valence-corrected chi connectivity index (χ2v) is 10.1. The van der Waals surface area contributed by atoms with Crippen LogP contribution in [0.25, 0.3) is 17.0 Å². The lowest BCUT2D eigenvalue weighted by Crippen LogP contribution is -2.39. The van der Waals surface area contributed by atoms with Crippen LogP contribution in [-0.2, 0) is 22.4 Å². The first-order valence-corrected chi connectivity index (χ1v) is 13.3. The van der Waals surface area contributed by atoms with Gasteiger partial charge >= 0.3 is 0 Å². The van der Waals surface area contributed by atoms with Gasteiger partial charge in [-0.25, -0.2) is 0 Å². The lowest BCUT2D eigenvalue weighted by Gasteiger charge is -2.32. The van der Waals surface area contributed by atoms with Crippen molar-refractivity contribution in [3.63, 3.8) is 0 Å². The van der Waals surface area contributed by atoms with Gasteiger partial charge in [0.05, 0.1) is 30.5 Å². The molecule has 194 valence electrons. The molecule has 2 aromatic carbocycles. The molecular weight excluding hydrogens is 464 g/mol. The van der Waals surface area contributed by atoms with Crippen molar-refractivity contribution in [1.29, 1.82) is 5.26 Å². The molecule has 0 radical (unpaired) electrons. The maximum atomic E-state index is 9.06. The second kappa shape index (κ2) is 11.9. The van der Waals surface area contributed by atoms with Gasteiger partial charge in [-0.15, -0.1) is 0 Å². The summed E-state index contributed by atoms with van der Waals surface area (Å²) in [5.74, 6) is 0.709. The van der Waals surface area contributed by atoms with Crippen molar-refractivity contribution in [3.8, 4) is 6.07 Å². The monoisotopic (exact) mass is 500 g/mol. The molecule has 3 heterocycles. The van der Waals surface area contributed by atoms with Gasteiger partial charge in [-0.2, -0.15) is 5.26 Å². The quantitative estimate of drug-likeness (QED) is 0.390. The highest BCUT2D eigenvalue weighted by molar-refractivity contribution is 5.93. The summed E-state index contributed by atoms with van der Waals surface area (Å²) in [7, 11) is 2.08. The predicted octanol–water partition coefficient (Wildman–Crippen LogP) is 5.39. The number of hydrogen-bond acceptors (Lipinski definition) is 7. The van der Waals surface area contributed by atoms with Crippen LogP contribution >= 0.6 is 0 Å². The molecule has 2 fully saturated rings. The van der Waals surface area contributed by atoms with Crippen LogP contribution in [0.15, 0.2) is 47.0 Å². The van der Waals surface area contributed by atoms with E-state index in [1.54, 1.807) is 0 Å². The van der Waals surface area contributed by atoms with Crippen molar-refractivity contribution in [2.24, 2.45) is 5.92 Å². The minimum atomic E-state index is -0.0440. The molecule has 2 aliphatic heterocycles. The van der Waals surface area contributed by atoms with E-state index >= 15 is 0 Å². The first-order valence-electron chi connectivity index (χ1n) is 13.3. The summed E-state index contributed by atoms with van der Waals surface area (Å²) in [4.78, 5) is 4.69. The summed E-state index contributed by atoms with van der Waals surface area (Å²) in [6, 6.07) is 14.3. The summed E-state index contributed by atoms with van der Waals surface area (Å²) in [6.07, 6.45) is 8.58. The third-order valence-electron chi connectivity index (χ3n) is 7.57. The standard InChI is InChI=1S/C30H36N4O3/c1-3-4-26-28(33(2)20-24-7-5-23(19-31)6-8-24)12-10-25-27(32-37-30(25)26)11-9-22-13-15-34(16-14-22)21-29-35-17-18-36-29/h3-8,10,12,22,29H,9,11,13-18,20-21H2,1-2H3. The molecule has 0 N–H and O–H groups in total. The van der Waals surface area contributed by atoms with Gasteiger partial charge in [0.1, 0.15) is 0 Å². The van der Waals surface area contributed by atoms with Crippen LogP contribution in [0.5, 0.6) is 0 Å². The highest BCUT2D eigenvalue weighted by atomic mass is 16.7. The van der Waals surface area contributed by atoms with Gasteiger partial charge < -0.3 is 18.9 Å². The van der Waals surface area contributed by atoms with Crippen LogP contribution in [0.2, 0.25) is 0 Å². The molecule has 0 atom stereocenters. The van der Waals surface area contributed by atoms with E-state index in [2.05, 4.69) is 46.3 Å². The third-order valence-corrected chi connectivity index (χ3v) is 7.57. The average Bonchev–Trinajstić information content (AvgIpc) is 3.59. The fraction of sp³-hybridized carbons (Fsp3) is 0.467. The van der Waals surface area contributed by atoms with Gasteiger partial charge in [0, 0.05) is 36.8 Å². The molecule has 1 aromatic heterocycles. The zero-order valence-corrected chi connectivity index (χ0v) is 21.9. The molecule has 0 spiro atoms. The highest BCUT2D eigenvalue weighted by Gasteiger charge is 2.25. The van der Waals surface area contributed by atoms with Gasteiger partial charge in [-0.05, 0) is 81.4 Å². The van der Waals surface area contributed by atoms with Crippen LogP contribution in [0, 0.1) is 17.2 Å². The van der Waals surface area contributed by atoms with Crippen molar-refractivity contribution < 1.29 is 14.0 Å². The van der Waals surface area contributed by atoms with E-state index < -0.39 is 0 Å². The molecular formula is C30H36N4O3. The molecule has 3 aromatic rings. The number of rotatable bonds is 9. The Morgan fingerprint density at radius 3 is 2.57 bits per heavy atom. The van der Waals surface area contributed by atoms with Gasteiger partial charge in [0.25, 0.3) is 0 Å². The Bertz CT molecular complexity index is 1250. The van der Waals surface area contributed by atoms with Gasteiger partial charge in [0.2, 0.25) is 0 Å². The minimum Gasteiger partial charge on any atom is -0.370 e. The molecule has 7 heteroatoms. The topological polar surface area (TPSA) is 74.8 Å². The van der Waals surface area contributed by atoms with Crippen molar-refractivity contribution in [2.75, 3.05) is 44.8 Å². The number of likely N-dealkylation sites (tertiary alicyclic amines) is 1. The van der Waals surface area contributed by atoms with E-state index in [0.29, 0.717) is 11.5 Å². The molecule has 0 bridgehead atoms. The molecule has 0 saturated carbocycles. The van der Waals surface area contributed by atoms with Crippen LogP contribution in [0.1, 0.15) is 48.6 Å². The fourth-order valence-corrected chi connectivity index (χ4v) is 5.47. The molecule has 37 heavy (non-hydrogen) atoms. The normalized spacial score (nSPS) is 17.6. The van der Waals surface area contributed by atoms with Gasteiger partial charge in [-0.3, -0.25) is 4.90 Å². The number of hydrogen-bond donors (Lipinski definition) is 0. The van der Waals surface area contributed by atoms with E-state index in [0.717, 1.165) is 85.7 Å². The largest absolute Gasteiger partial charge is 0.370 e. The van der Waals surface area contributed by atoms with Crippen LogP contribution in [-0.4, -0.2) is 56.2 Å². The van der Waals surface area contributed by atoms with E-state index in [-0.39, 0.29) is 6.29 Å². The SMILES string of the molecule is CC=Cc1c(N(C)Cc2ccc(C#N)cc2)ccc2c(CCC3CCN(CC4OCCO4)CC3)noc12. The number of fused-ring (bicyclic) bond motifs is 1. The summed E-state index contributed by atoms with van der Waals surface area (Å²) < 4.78 is 17.1. The van der Waals surface area contributed by atoms with Gasteiger partial charge in [-0.1, -0.05) is 29.4 Å². The number of nitrogens with zero attached hydrogens (tertiary/aromatic N) is 4. The van der Waals surface area contributed by atoms with E-state index in [1.807, 2.05) is 37.3 Å². The lowest BCUT2D eigenvalue weighted by molar-refractivity contribution is -0.0661. The van der Waals surface area contributed by atoms with E-state index in [4.69, 9.17) is 19.3 Å². The zero-order chi connectivity index (χ0) is 25.6. The van der Waals surface area contributed by atoms with Crippen molar-refractivity contribution in [2.45, 2.75) is 45.4 Å². The van der Waals surface area contributed by atoms with Crippen molar-refractivity contribution in [3.05, 3.63) is 64.9 Å². The molecule has 7 nitrogen and oxygen atoms in total. The summed E-state index contributed by atoms with van der Waals surface area (Å²) in [5, 5.41) is 14.7. The van der Waals surface area contributed by atoms with Crippen LogP contribution < -0.4 is 4.90 Å². The Morgan fingerprint density at radius 1 is 1.11 bits per heavy atom. The van der Waals surface area contributed by atoms with Crippen molar-refractivity contribution >= 4 is 22.7 Å². The average molecular weight is 501 g/mol. The molecule has 5 rings (SSSR count).